The summed E-state index contributed by atoms with van der Waals surface area (Å²) in [6.45, 7) is 1.83. The van der Waals surface area contributed by atoms with Gasteiger partial charge in [-0.05, 0) is 31.1 Å². The number of hydrogen-bond donors (Lipinski definition) is 1. The average molecular weight is 278 g/mol. The molecule has 1 aromatic rings. The van der Waals surface area contributed by atoms with Crippen LogP contribution in [0.4, 0.5) is 16.2 Å². The third-order valence-corrected chi connectivity index (χ3v) is 4.99. The molecule has 1 spiro atoms. The predicted octanol–water partition coefficient (Wildman–Crippen LogP) is 3.21. The normalized spacial score (nSPS) is 22.0. The molecule has 0 aromatic carbocycles. The van der Waals surface area contributed by atoms with E-state index >= 15 is 0 Å². The van der Waals surface area contributed by atoms with Gasteiger partial charge < -0.3 is 10.2 Å². The van der Waals surface area contributed by atoms with Gasteiger partial charge >= 0.3 is 0 Å². The zero-order valence-corrected chi connectivity index (χ0v) is 12.2. The summed E-state index contributed by atoms with van der Waals surface area (Å²) in [5.74, 6) is 0.623. The molecule has 0 radical (unpaired) electrons. The molecular formula is C15H23FN4. The molecular weight excluding hydrogens is 255 g/mol. The van der Waals surface area contributed by atoms with Gasteiger partial charge in [0.25, 0.3) is 0 Å². The van der Waals surface area contributed by atoms with Crippen LogP contribution in [-0.4, -0.2) is 30.1 Å². The first-order valence-corrected chi connectivity index (χ1v) is 7.68. The highest BCUT2D eigenvalue weighted by Gasteiger charge is 2.36. The molecule has 5 heteroatoms. The van der Waals surface area contributed by atoms with Crippen LogP contribution in [0, 0.1) is 11.2 Å². The lowest BCUT2D eigenvalue weighted by atomic mass is 9.68. The van der Waals surface area contributed by atoms with Crippen LogP contribution in [0.5, 0.6) is 0 Å². The van der Waals surface area contributed by atoms with Gasteiger partial charge in [0.1, 0.15) is 0 Å². The van der Waals surface area contributed by atoms with E-state index in [0.717, 1.165) is 13.1 Å². The maximum Gasteiger partial charge on any atom is 0.224 e. The van der Waals surface area contributed by atoms with Gasteiger partial charge in [0.15, 0.2) is 11.6 Å². The summed E-state index contributed by atoms with van der Waals surface area (Å²) in [6, 6.07) is 0. The Morgan fingerprint density at radius 1 is 1.15 bits per heavy atom. The summed E-state index contributed by atoms with van der Waals surface area (Å²) < 4.78 is 13.9. The van der Waals surface area contributed by atoms with Crippen molar-refractivity contribution in [3.63, 3.8) is 0 Å². The molecule has 0 bridgehead atoms. The Labute approximate surface area is 119 Å². The average Bonchev–Trinajstić information content (AvgIpc) is 2.50. The smallest absolute Gasteiger partial charge is 0.224 e. The van der Waals surface area contributed by atoms with Crippen LogP contribution in [-0.2, 0) is 0 Å². The Balaban J connectivity index is 1.71. The first-order chi connectivity index (χ1) is 9.72. The number of rotatable bonds is 2. The molecule has 1 aromatic heterocycles. The van der Waals surface area contributed by atoms with E-state index in [1.54, 1.807) is 7.05 Å². The molecule has 3 rings (SSSR count). The summed E-state index contributed by atoms with van der Waals surface area (Å²) in [4.78, 5) is 10.3. The van der Waals surface area contributed by atoms with Gasteiger partial charge in [0.2, 0.25) is 5.95 Å². The van der Waals surface area contributed by atoms with Crippen LogP contribution in [0.15, 0.2) is 6.20 Å². The zero-order valence-electron chi connectivity index (χ0n) is 12.2. The Morgan fingerprint density at radius 3 is 2.50 bits per heavy atom. The second-order valence-electron chi connectivity index (χ2n) is 6.16. The van der Waals surface area contributed by atoms with Gasteiger partial charge in [-0.2, -0.15) is 4.98 Å². The minimum Gasteiger partial charge on any atom is -0.357 e. The zero-order chi connectivity index (χ0) is 14.0. The summed E-state index contributed by atoms with van der Waals surface area (Å²) >= 11 is 0. The van der Waals surface area contributed by atoms with Crippen molar-refractivity contribution >= 4 is 11.8 Å². The summed E-state index contributed by atoms with van der Waals surface area (Å²) in [7, 11) is 1.75. The lowest BCUT2D eigenvalue weighted by molar-refractivity contribution is 0.144. The van der Waals surface area contributed by atoms with E-state index in [4.69, 9.17) is 0 Å². The highest BCUT2D eigenvalue weighted by atomic mass is 19.1. The van der Waals surface area contributed by atoms with Gasteiger partial charge in [0.05, 0.1) is 6.20 Å². The number of hydrogen-bond acceptors (Lipinski definition) is 4. The second kappa shape index (κ2) is 5.54. The molecule has 2 heterocycles. The number of halogens is 1. The molecule has 1 aliphatic heterocycles. The SMILES string of the molecule is CNc1ncc(F)c(N2CCC3(CCCCC3)CC2)n1. The van der Waals surface area contributed by atoms with Crippen molar-refractivity contribution in [2.45, 2.75) is 44.9 Å². The summed E-state index contributed by atoms with van der Waals surface area (Å²) in [6.07, 6.45) is 10.4. The number of piperidine rings is 1. The van der Waals surface area contributed by atoms with E-state index in [2.05, 4.69) is 20.2 Å². The molecule has 1 saturated heterocycles. The van der Waals surface area contributed by atoms with Gasteiger partial charge in [0, 0.05) is 20.1 Å². The maximum atomic E-state index is 13.9. The van der Waals surface area contributed by atoms with Crippen molar-refractivity contribution in [2.24, 2.45) is 5.41 Å². The highest BCUT2D eigenvalue weighted by molar-refractivity contribution is 5.44. The van der Waals surface area contributed by atoms with E-state index in [0.29, 0.717) is 17.2 Å². The molecule has 0 atom stereocenters. The van der Waals surface area contributed by atoms with E-state index < -0.39 is 0 Å². The molecule has 1 N–H and O–H groups in total. The Kier molecular flexibility index (Phi) is 3.76. The Hall–Kier alpha value is -1.39. The first kappa shape index (κ1) is 13.6. The topological polar surface area (TPSA) is 41.1 Å². The fourth-order valence-corrected chi connectivity index (χ4v) is 3.69. The van der Waals surface area contributed by atoms with Gasteiger partial charge in [-0.25, -0.2) is 9.37 Å². The van der Waals surface area contributed by atoms with Crippen LogP contribution in [0.25, 0.3) is 0 Å². The molecule has 110 valence electrons. The highest BCUT2D eigenvalue weighted by Crippen LogP contribution is 2.45. The van der Waals surface area contributed by atoms with Gasteiger partial charge in [-0.3, -0.25) is 0 Å². The van der Waals surface area contributed by atoms with E-state index in [1.807, 2.05) is 0 Å². The standard InChI is InChI=1S/C15H23FN4/c1-17-14-18-11-12(16)13(19-14)20-9-7-15(8-10-20)5-3-2-4-6-15/h11H,2-10H2,1H3,(H,17,18,19). The van der Waals surface area contributed by atoms with Crippen LogP contribution in [0.1, 0.15) is 44.9 Å². The molecule has 4 nitrogen and oxygen atoms in total. The van der Waals surface area contributed by atoms with Crippen LogP contribution >= 0.6 is 0 Å². The molecule has 1 saturated carbocycles. The van der Waals surface area contributed by atoms with Crippen molar-refractivity contribution in [3.8, 4) is 0 Å². The molecule has 0 amide bonds. The van der Waals surface area contributed by atoms with Crippen molar-refractivity contribution < 1.29 is 4.39 Å². The number of anilines is 2. The van der Waals surface area contributed by atoms with E-state index in [9.17, 15) is 4.39 Å². The van der Waals surface area contributed by atoms with Crippen molar-refractivity contribution in [2.75, 3.05) is 30.4 Å². The van der Waals surface area contributed by atoms with Crippen molar-refractivity contribution in [1.29, 1.82) is 0 Å². The van der Waals surface area contributed by atoms with E-state index in [-0.39, 0.29) is 5.82 Å². The molecule has 20 heavy (non-hydrogen) atoms. The predicted molar refractivity (Wildman–Crippen MR) is 78.5 cm³/mol. The molecule has 1 aliphatic carbocycles. The summed E-state index contributed by atoms with van der Waals surface area (Å²) in [5, 5.41) is 2.87. The van der Waals surface area contributed by atoms with Crippen LogP contribution < -0.4 is 10.2 Å². The lowest BCUT2D eigenvalue weighted by Gasteiger charge is -2.44. The third-order valence-electron chi connectivity index (χ3n) is 4.99. The second-order valence-corrected chi connectivity index (χ2v) is 6.16. The quantitative estimate of drug-likeness (QED) is 0.902. The van der Waals surface area contributed by atoms with Crippen molar-refractivity contribution in [1.82, 2.24) is 9.97 Å². The summed E-state index contributed by atoms with van der Waals surface area (Å²) in [5.41, 5.74) is 0.532. The fourth-order valence-electron chi connectivity index (χ4n) is 3.69. The number of nitrogens with zero attached hydrogens (tertiary/aromatic N) is 3. The largest absolute Gasteiger partial charge is 0.357 e. The number of nitrogens with one attached hydrogen (secondary N) is 1. The third kappa shape index (κ3) is 2.58. The molecule has 2 aliphatic rings. The first-order valence-electron chi connectivity index (χ1n) is 7.68. The van der Waals surface area contributed by atoms with Crippen LogP contribution in [0.2, 0.25) is 0 Å². The number of aromatic nitrogens is 2. The Bertz CT molecular complexity index is 461. The van der Waals surface area contributed by atoms with Gasteiger partial charge in [-0.1, -0.05) is 19.3 Å². The molecule has 0 unspecified atom stereocenters. The van der Waals surface area contributed by atoms with Crippen LogP contribution in [0.3, 0.4) is 0 Å². The minimum absolute atomic E-state index is 0.316. The minimum atomic E-state index is -0.316. The van der Waals surface area contributed by atoms with Gasteiger partial charge in [-0.15, -0.1) is 0 Å². The maximum absolute atomic E-state index is 13.9. The Morgan fingerprint density at radius 2 is 1.85 bits per heavy atom. The monoisotopic (exact) mass is 278 g/mol. The lowest BCUT2D eigenvalue weighted by Crippen LogP contribution is -2.41. The van der Waals surface area contributed by atoms with E-state index in [1.165, 1.54) is 51.1 Å². The molecule has 2 fully saturated rings. The fraction of sp³-hybridized carbons (Fsp3) is 0.733. The van der Waals surface area contributed by atoms with Crippen molar-refractivity contribution in [3.05, 3.63) is 12.0 Å².